The third-order valence-electron chi connectivity index (χ3n) is 8.18. The van der Waals surface area contributed by atoms with Gasteiger partial charge >= 0.3 is 0 Å². The number of piperazine rings is 1. The van der Waals surface area contributed by atoms with E-state index < -0.39 is 17.9 Å². The Morgan fingerprint density at radius 2 is 1.83 bits per heavy atom. The lowest BCUT2D eigenvalue weighted by Gasteiger charge is -2.34. The highest BCUT2D eigenvalue weighted by molar-refractivity contribution is 6.36. The molecule has 12 nitrogen and oxygen atoms in total. The molecule has 3 aliphatic heterocycles. The van der Waals surface area contributed by atoms with E-state index in [0.29, 0.717) is 74.9 Å². The highest BCUT2D eigenvalue weighted by Gasteiger charge is 2.35. The molecule has 3 aliphatic rings. The smallest absolute Gasteiger partial charge is 0.247 e. The van der Waals surface area contributed by atoms with Crippen LogP contribution in [0.15, 0.2) is 29.4 Å². The molecule has 1 unspecified atom stereocenters. The second-order valence-corrected chi connectivity index (χ2v) is 11.3. The number of hydrogen-bond donors (Lipinski definition) is 2. The molecule has 1 aromatic heterocycles. The molecule has 2 aromatic rings. The number of halogens is 1. The van der Waals surface area contributed by atoms with Gasteiger partial charge in [0.1, 0.15) is 11.9 Å². The molecule has 42 heavy (non-hydrogen) atoms. The van der Waals surface area contributed by atoms with Crippen molar-refractivity contribution < 1.29 is 19.2 Å². The van der Waals surface area contributed by atoms with Gasteiger partial charge in [0.15, 0.2) is 5.92 Å². The largest absolute Gasteiger partial charge is 0.358 e. The summed E-state index contributed by atoms with van der Waals surface area (Å²) in [6.07, 6.45) is 6.21. The van der Waals surface area contributed by atoms with E-state index in [0.717, 1.165) is 31.1 Å². The first kappa shape index (κ1) is 29.4. The first-order valence-corrected chi connectivity index (χ1v) is 14.8. The van der Waals surface area contributed by atoms with Crippen molar-refractivity contribution in [1.29, 1.82) is 5.26 Å². The molecule has 4 heterocycles. The Bertz CT molecular complexity index is 1400. The van der Waals surface area contributed by atoms with Gasteiger partial charge in [0.05, 0.1) is 28.8 Å². The number of nitrogens with zero attached hydrogens (tertiary/aromatic N) is 6. The molecule has 13 heteroatoms. The van der Waals surface area contributed by atoms with Crippen LogP contribution in [0, 0.1) is 17.2 Å². The number of carbonyl (C=O) groups is 4. The zero-order valence-electron chi connectivity index (χ0n) is 23.4. The van der Waals surface area contributed by atoms with Gasteiger partial charge in [-0.2, -0.15) is 5.26 Å². The number of H-pyrrole nitrogens is 1. The molecular formula is C29H35ClN8O4. The van der Waals surface area contributed by atoms with Crippen LogP contribution in [-0.2, 0) is 19.2 Å². The van der Waals surface area contributed by atoms with E-state index in [1.807, 2.05) is 6.07 Å². The molecule has 0 aliphatic carbocycles. The Morgan fingerprint density at radius 1 is 1.10 bits per heavy atom. The Balaban J connectivity index is 1.45. The number of amidine groups is 1. The first-order valence-electron chi connectivity index (χ1n) is 14.4. The topological polar surface area (TPSA) is 145 Å². The van der Waals surface area contributed by atoms with Crippen LogP contribution in [0.3, 0.4) is 0 Å². The van der Waals surface area contributed by atoms with Gasteiger partial charge in [-0.15, -0.1) is 0 Å². The number of carbonyl (C=O) groups excluding carboxylic acids is 4. The van der Waals surface area contributed by atoms with Gasteiger partial charge in [-0.3, -0.25) is 24.2 Å². The minimum atomic E-state index is -1.32. The molecule has 0 spiro atoms. The first-order chi connectivity index (χ1) is 20.4. The van der Waals surface area contributed by atoms with Crippen molar-refractivity contribution >= 4 is 58.2 Å². The van der Waals surface area contributed by atoms with E-state index in [1.165, 1.54) is 0 Å². The predicted octanol–water partition coefficient (Wildman–Crippen LogP) is 2.08. The minimum absolute atomic E-state index is 0.00445. The number of anilines is 1. The monoisotopic (exact) mass is 594 g/mol. The van der Waals surface area contributed by atoms with Crippen LogP contribution < -0.4 is 5.32 Å². The zero-order valence-corrected chi connectivity index (χ0v) is 24.2. The zero-order chi connectivity index (χ0) is 29.6. The van der Waals surface area contributed by atoms with Gasteiger partial charge in [-0.05, 0) is 38.2 Å². The lowest BCUT2D eigenvalue weighted by atomic mass is 10.1. The summed E-state index contributed by atoms with van der Waals surface area (Å²) in [5.41, 5.74) is 1.23. The Labute approximate surface area is 249 Å². The SMILES string of the molecule is N#CC(C(=O)N1CCN(C=O)CC1)C(=N[C@H]1CCCCN(CC(=O)N2CCCC2)C1=O)Nc1cccc2c(Cl)c[nH]c12. The average Bonchev–Trinajstić information content (AvgIpc) is 3.65. The third kappa shape index (κ3) is 6.36. The van der Waals surface area contributed by atoms with Crippen LogP contribution in [-0.4, -0.2) is 113 Å². The summed E-state index contributed by atoms with van der Waals surface area (Å²) < 4.78 is 0. The molecule has 0 bridgehead atoms. The lowest BCUT2D eigenvalue weighted by Crippen LogP contribution is -2.51. The van der Waals surface area contributed by atoms with Crippen LogP contribution in [0.2, 0.25) is 5.02 Å². The number of nitrogens with one attached hydrogen (secondary N) is 2. The van der Waals surface area contributed by atoms with Crippen molar-refractivity contribution in [2.75, 3.05) is 57.7 Å². The van der Waals surface area contributed by atoms with E-state index >= 15 is 0 Å². The number of amides is 4. The normalized spacial score (nSPS) is 20.8. The number of aromatic nitrogens is 1. The lowest BCUT2D eigenvalue weighted by molar-refractivity contribution is -0.140. The maximum Gasteiger partial charge on any atom is 0.247 e. The van der Waals surface area contributed by atoms with Crippen molar-refractivity contribution in [1.82, 2.24) is 24.6 Å². The summed E-state index contributed by atoms with van der Waals surface area (Å²) in [4.78, 5) is 65.8. The summed E-state index contributed by atoms with van der Waals surface area (Å²) in [5, 5.41) is 14.7. The number of para-hydroxylation sites is 1. The van der Waals surface area contributed by atoms with E-state index in [-0.39, 0.29) is 24.2 Å². The van der Waals surface area contributed by atoms with Crippen molar-refractivity contribution in [3.63, 3.8) is 0 Å². The highest BCUT2D eigenvalue weighted by atomic mass is 35.5. The highest BCUT2D eigenvalue weighted by Crippen LogP contribution is 2.29. The molecule has 222 valence electrons. The summed E-state index contributed by atoms with van der Waals surface area (Å²) in [6, 6.07) is 6.68. The Morgan fingerprint density at radius 3 is 2.55 bits per heavy atom. The summed E-state index contributed by atoms with van der Waals surface area (Å²) in [5.74, 6) is -2.06. The second-order valence-electron chi connectivity index (χ2n) is 10.9. The molecule has 2 atom stereocenters. The number of hydrogen-bond acceptors (Lipinski definition) is 6. The Kier molecular flexibility index (Phi) is 9.27. The fraction of sp³-hybridized carbons (Fsp3) is 0.517. The number of aliphatic imine (C=N–C) groups is 1. The van der Waals surface area contributed by atoms with Crippen LogP contribution in [0.25, 0.3) is 10.9 Å². The van der Waals surface area contributed by atoms with Crippen molar-refractivity contribution in [2.24, 2.45) is 10.9 Å². The van der Waals surface area contributed by atoms with Crippen LogP contribution in [0.5, 0.6) is 0 Å². The van der Waals surface area contributed by atoms with Crippen molar-refractivity contribution in [3.8, 4) is 6.07 Å². The van der Waals surface area contributed by atoms with Gasteiger partial charge < -0.3 is 29.9 Å². The molecule has 0 radical (unpaired) electrons. The fourth-order valence-electron chi connectivity index (χ4n) is 5.76. The maximum atomic E-state index is 13.7. The number of likely N-dealkylation sites (tertiary alicyclic amines) is 2. The molecule has 2 N–H and O–H groups in total. The molecule has 3 fully saturated rings. The number of rotatable bonds is 7. The number of benzene rings is 1. The summed E-state index contributed by atoms with van der Waals surface area (Å²) >= 11 is 6.33. The van der Waals surface area contributed by atoms with Gasteiger partial charge in [-0.25, -0.2) is 0 Å². The van der Waals surface area contributed by atoms with Crippen LogP contribution in [0.4, 0.5) is 5.69 Å². The quantitative estimate of drug-likeness (QED) is 0.285. The fourth-order valence-corrected chi connectivity index (χ4v) is 5.98. The predicted molar refractivity (Wildman–Crippen MR) is 158 cm³/mol. The molecule has 3 saturated heterocycles. The van der Waals surface area contributed by atoms with Gasteiger partial charge in [0.2, 0.25) is 24.1 Å². The third-order valence-corrected chi connectivity index (χ3v) is 8.50. The van der Waals surface area contributed by atoms with Gasteiger partial charge in [-0.1, -0.05) is 23.7 Å². The minimum Gasteiger partial charge on any atom is -0.358 e. The molecule has 4 amide bonds. The maximum absolute atomic E-state index is 13.7. The van der Waals surface area contributed by atoms with E-state index in [9.17, 15) is 24.4 Å². The molecule has 1 aromatic carbocycles. The number of fused-ring (bicyclic) bond motifs is 1. The van der Waals surface area contributed by atoms with Crippen molar-refractivity contribution in [2.45, 2.75) is 38.1 Å². The van der Waals surface area contributed by atoms with E-state index in [1.54, 1.807) is 37.9 Å². The van der Waals surface area contributed by atoms with Gasteiger partial charge in [0.25, 0.3) is 0 Å². The summed E-state index contributed by atoms with van der Waals surface area (Å²) in [6.45, 7) is 3.18. The van der Waals surface area contributed by atoms with Gasteiger partial charge in [0, 0.05) is 57.4 Å². The summed E-state index contributed by atoms with van der Waals surface area (Å²) in [7, 11) is 0. The number of nitriles is 1. The van der Waals surface area contributed by atoms with Crippen LogP contribution >= 0.6 is 11.6 Å². The number of aromatic amines is 1. The van der Waals surface area contributed by atoms with E-state index in [2.05, 4.69) is 16.4 Å². The van der Waals surface area contributed by atoms with Crippen LogP contribution in [0.1, 0.15) is 32.1 Å². The van der Waals surface area contributed by atoms with E-state index in [4.69, 9.17) is 16.6 Å². The van der Waals surface area contributed by atoms with Crippen molar-refractivity contribution in [3.05, 3.63) is 29.4 Å². The Hall–Kier alpha value is -4.11. The molecule has 0 saturated carbocycles. The average molecular weight is 595 g/mol. The standard InChI is InChI=1S/C29H35ClN8O4/c30-22-17-32-26-20(22)6-5-8-23(26)33-27(21(16-31)28(41)37-14-12-35(19-39)13-15-37)34-24-7-1-2-11-38(29(24)42)18-25(40)36-9-3-4-10-36/h5-6,8,17,19,21,24,32H,1-4,7,9-15,18H2,(H,33,34)/t21?,24-/m0/s1. The molecule has 5 rings (SSSR count). The molecular weight excluding hydrogens is 560 g/mol. The second kappa shape index (κ2) is 13.2.